The maximum Gasteiger partial charge on any atom is 0.269 e. The summed E-state index contributed by atoms with van der Waals surface area (Å²) in [7, 11) is 0. The van der Waals surface area contributed by atoms with Crippen LogP contribution in [-0.4, -0.2) is 4.92 Å². The molecule has 0 spiro atoms. The maximum atomic E-state index is 11.0. The van der Waals surface area contributed by atoms with E-state index in [0.717, 1.165) is 28.7 Å². The molecule has 2 aromatic carbocycles. The van der Waals surface area contributed by atoms with Crippen LogP contribution >= 0.6 is 0 Å². The van der Waals surface area contributed by atoms with Crippen LogP contribution < -0.4 is 5.73 Å². The maximum absolute atomic E-state index is 11.0. The second-order valence-electron chi connectivity index (χ2n) is 5.33. The number of nitro groups is 1. The summed E-state index contributed by atoms with van der Waals surface area (Å²) < 4.78 is 0. The van der Waals surface area contributed by atoms with Crippen molar-refractivity contribution < 1.29 is 4.92 Å². The van der Waals surface area contributed by atoms with Gasteiger partial charge in [-0.15, -0.1) is 0 Å². The molecule has 0 amide bonds. The van der Waals surface area contributed by atoms with Crippen LogP contribution in [0.25, 0.3) is 0 Å². The molecule has 0 bridgehead atoms. The Morgan fingerprint density at radius 1 is 1.14 bits per heavy atom. The first-order valence-electron chi connectivity index (χ1n) is 7.04. The van der Waals surface area contributed by atoms with E-state index in [9.17, 15) is 10.1 Å². The lowest BCUT2D eigenvalue weighted by molar-refractivity contribution is -0.384. The van der Waals surface area contributed by atoms with E-state index in [-0.39, 0.29) is 16.7 Å². The molecule has 0 fully saturated rings. The van der Waals surface area contributed by atoms with Gasteiger partial charge in [-0.2, -0.15) is 0 Å². The summed E-state index contributed by atoms with van der Waals surface area (Å²) in [5, 5.41) is 11.0. The van der Waals surface area contributed by atoms with E-state index in [2.05, 4.69) is 6.07 Å². The van der Waals surface area contributed by atoms with Gasteiger partial charge in [0.1, 0.15) is 0 Å². The van der Waals surface area contributed by atoms with Crippen LogP contribution in [0.15, 0.2) is 36.4 Å². The number of non-ortho nitro benzene ring substituents is 1. The molecule has 0 saturated heterocycles. The van der Waals surface area contributed by atoms with Gasteiger partial charge in [0.25, 0.3) is 5.69 Å². The molecule has 0 saturated carbocycles. The largest absolute Gasteiger partial charge is 0.320 e. The number of nitro benzene ring substituents is 1. The van der Waals surface area contributed by atoms with Crippen LogP contribution in [-0.2, 0) is 6.42 Å². The summed E-state index contributed by atoms with van der Waals surface area (Å²) in [6, 6.07) is 10.7. The number of nitrogens with zero attached hydrogens (tertiary/aromatic N) is 1. The van der Waals surface area contributed by atoms with Crippen LogP contribution in [0.2, 0.25) is 0 Å². The normalized spacial score (nSPS) is 12.2. The van der Waals surface area contributed by atoms with Crippen LogP contribution in [0.5, 0.6) is 0 Å². The predicted molar refractivity (Wildman–Crippen MR) is 84.4 cm³/mol. The number of benzene rings is 2. The molecular formula is C17H20N2O2. The van der Waals surface area contributed by atoms with Gasteiger partial charge in [0.05, 0.1) is 11.0 Å². The molecular weight excluding hydrogens is 264 g/mol. The van der Waals surface area contributed by atoms with Crippen LogP contribution in [0.4, 0.5) is 5.69 Å². The van der Waals surface area contributed by atoms with E-state index in [1.807, 2.05) is 32.9 Å². The molecule has 0 aliphatic heterocycles. The fourth-order valence-corrected chi connectivity index (χ4v) is 2.65. The summed E-state index contributed by atoms with van der Waals surface area (Å²) in [5.74, 6) is 0. The predicted octanol–water partition coefficient (Wildman–Crippen LogP) is 3.82. The first-order valence-corrected chi connectivity index (χ1v) is 7.04. The van der Waals surface area contributed by atoms with Crippen molar-refractivity contribution in [2.45, 2.75) is 33.2 Å². The Hall–Kier alpha value is -2.20. The number of hydrogen-bond donors (Lipinski definition) is 1. The lowest BCUT2D eigenvalue weighted by Crippen LogP contribution is -2.15. The first-order chi connectivity index (χ1) is 9.93. The summed E-state index contributed by atoms with van der Waals surface area (Å²) in [6.45, 7) is 6.08. The van der Waals surface area contributed by atoms with Crippen molar-refractivity contribution in [1.82, 2.24) is 0 Å². The van der Waals surface area contributed by atoms with Gasteiger partial charge in [-0.1, -0.05) is 36.8 Å². The average molecular weight is 284 g/mol. The Morgan fingerprint density at radius 2 is 1.86 bits per heavy atom. The van der Waals surface area contributed by atoms with Crippen LogP contribution in [0.3, 0.4) is 0 Å². The van der Waals surface area contributed by atoms with Gasteiger partial charge in [0.2, 0.25) is 0 Å². The van der Waals surface area contributed by atoms with E-state index < -0.39 is 0 Å². The van der Waals surface area contributed by atoms with Crippen molar-refractivity contribution in [1.29, 1.82) is 0 Å². The van der Waals surface area contributed by atoms with Gasteiger partial charge in [-0.05, 0) is 42.5 Å². The Labute approximate surface area is 124 Å². The standard InChI is InChI=1S/C17H20N2O2/c1-4-13-6-7-14(19(20)21)10-16(13)17(18)15-8-5-11(2)9-12(15)3/h5-10,17H,4,18H2,1-3H3. The number of nitrogens with two attached hydrogens (primary N) is 1. The van der Waals surface area contributed by atoms with Gasteiger partial charge in [0, 0.05) is 12.1 Å². The molecule has 1 atom stereocenters. The smallest absolute Gasteiger partial charge is 0.269 e. The highest BCUT2D eigenvalue weighted by atomic mass is 16.6. The van der Waals surface area contributed by atoms with Gasteiger partial charge in [-0.25, -0.2) is 0 Å². The van der Waals surface area contributed by atoms with E-state index in [4.69, 9.17) is 5.73 Å². The number of aryl methyl sites for hydroxylation is 3. The Kier molecular flexibility index (Phi) is 4.38. The molecule has 0 heterocycles. The summed E-state index contributed by atoms with van der Waals surface area (Å²) in [6.07, 6.45) is 0.798. The quantitative estimate of drug-likeness (QED) is 0.685. The minimum atomic E-state index is -0.377. The van der Waals surface area contributed by atoms with Gasteiger partial charge >= 0.3 is 0 Å². The highest BCUT2D eigenvalue weighted by molar-refractivity contribution is 5.46. The summed E-state index contributed by atoms with van der Waals surface area (Å²) in [5.41, 5.74) is 11.7. The lowest BCUT2D eigenvalue weighted by Gasteiger charge is -2.18. The minimum Gasteiger partial charge on any atom is -0.320 e. The Balaban J connectivity index is 2.53. The first kappa shape index (κ1) is 15.2. The highest BCUT2D eigenvalue weighted by Gasteiger charge is 2.18. The molecule has 0 radical (unpaired) electrons. The summed E-state index contributed by atoms with van der Waals surface area (Å²) in [4.78, 5) is 10.6. The minimum absolute atomic E-state index is 0.0856. The average Bonchev–Trinajstić information content (AvgIpc) is 2.45. The Morgan fingerprint density at radius 3 is 2.43 bits per heavy atom. The van der Waals surface area contributed by atoms with Crippen molar-refractivity contribution in [3.05, 3.63) is 74.3 Å². The Bertz CT molecular complexity index is 680. The third-order valence-corrected chi connectivity index (χ3v) is 3.82. The molecule has 110 valence electrons. The zero-order valence-corrected chi connectivity index (χ0v) is 12.6. The fraction of sp³-hybridized carbons (Fsp3) is 0.294. The van der Waals surface area contributed by atoms with Crippen molar-refractivity contribution in [3.63, 3.8) is 0 Å². The van der Waals surface area contributed by atoms with Crippen molar-refractivity contribution in [2.75, 3.05) is 0 Å². The monoisotopic (exact) mass is 284 g/mol. The number of hydrogen-bond acceptors (Lipinski definition) is 3. The fourth-order valence-electron chi connectivity index (χ4n) is 2.65. The summed E-state index contributed by atoms with van der Waals surface area (Å²) >= 11 is 0. The van der Waals surface area contributed by atoms with Gasteiger partial charge < -0.3 is 5.73 Å². The molecule has 0 aromatic heterocycles. The topological polar surface area (TPSA) is 69.2 Å². The lowest BCUT2D eigenvalue weighted by atomic mass is 9.90. The zero-order valence-electron chi connectivity index (χ0n) is 12.6. The zero-order chi connectivity index (χ0) is 15.6. The van der Waals surface area contributed by atoms with Gasteiger partial charge in [0.15, 0.2) is 0 Å². The second-order valence-corrected chi connectivity index (χ2v) is 5.33. The SMILES string of the molecule is CCc1ccc([N+](=O)[O-])cc1C(N)c1ccc(C)cc1C. The van der Waals surface area contributed by atoms with Crippen LogP contribution in [0.1, 0.15) is 40.8 Å². The molecule has 0 aliphatic rings. The van der Waals surface area contributed by atoms with Crippen LogP contribution in [0, 0.1) is 24.0 Å². The third kappa shape index (κ3) is 3.11. The molecule has 2 N–H and O–H groups in total. The van der Waals surface area contributed by atoms with E-state index >= 15 is 0 Å². The highest BCUT2D eigenvalue weighted by Crippen LogP contribution is 2.29. The van der Waals surface area contributed by atoms with E-state index in [1.54, 1.807) is 12.1 Å². The molecule has 1 unspecified atom stereocenters. The molecule has 4 nitrogen and oxygen atoms in total. The second kappa shape index (κ2) is 6.06. The van der Waals surface area contributed by atoms with Crippen molar-refractivity contribution >= 4 is 5.69 Å². The number of rotatable bonds is 4. The molecule has 2 aromatic rings. The van der Waals surface area contributed by atoms with Gasteiger partial charge in [-0.3, -0.25) is 10.1 Å². The molecule has 21 heavy (non-hydrogen) atoms. The third-order valence-electron chi connectivity index (χ3n) is 3.82. The molecule has 4 heteroatoms. The van der Waals surface area contributed by atoms with Crippen molar-refractivity contribution in [2.24, 2.45) is 5.73 Å². The molecule has 2 rings (SSSR count). The van der Waals surface area contributed by atoms with E-state index in [0.29, 0.717) is 0 Å². The van der Waals surface area contributed by atoms with E-state index in [1.165, 1.54) is 11.6 Å². The van der Waals surface area contributed by atoms with Crippen molar-refractivity contribution in [3.8, 4) is 0 Å². The molecule has 0 aliphatic carbocycles.